The van der Waals surface area contributed by atoms with Gasteiger partial charge in [0.25, 0.3) is 0 Å². The van der Waals surface area contributed by atoms with Crippen LogP contribution in [0.15, 0.2) is 60.7 Å². The number of anilines is 3. The molecule has 0 atom stereocenters. The number of hydrogen-bond donors (Lipinski definition) is 3. The summed E-state index contributed by atoms with van der Waals surface area (Å²) in [5, 5.41) is 13.6. The predicted octanol–water partition coefficient (Wildman–Crippen LogP) is 8.88. The molecule has 3 aromatic rings. The first-order valence-electron chi connectivity index (χ1n) is 12.1. The average molecular weight is 534 g/mol. The number of ketones is 2. The van der Waals surface area contributed by atoms with Gasteiger partial charge in [-0.1, -0.05) is 82.1 Å². The van der Waals surface area contributed by atoms with Gasteiger partial charge in [0, 0.05) is 24.2 Å². The van der Waals surface area contributed by atoms with Crippen molar-refractivity contribution in [2.45, 2.75) is 60.8 Å². The summed E-state index contributed by atoms with van der Waals surface area (Å²) in [5.74, 6) is 0.0551. The molecule has 196 valence electrons. The normalized spacial score (nSPS) is 9.33. The minimum atomic E-state index is -0.0627. The van der Waals surface area contributed by atoms with Crippen LogP contribution in [0.2, 0.25) is 10.0 Å². The van der Waals surface area contributed by atoms with E-state index in [1.54, 1.807) is 31.2 Å². The summed E-state index contributed by atoms with van der Waals surface area (Å²) in [7, 11) is 0. The number of aromatic hydroxyl groups is 1. The Morgan fingerprint density at radius 3 is 2.06 bits per heavy atom. The fourth-order valence-corrected chi connectivity index (χ4v) is 3.45. The topological polar surface area (TPSA) is 92.4 Å². The fraction of sp³-hybridized carbons (Fsp3) is 0.310. The van der Waals surface area contributed by atoms with Gasteiger partial charge in [0.15, 0.2) is 5.78 Å². The molecule has 3 rings (SSSR count). The maximum absolute atomic E-state index is 11.4. The van der Waals surface area contributed by atoms with E-state index < -0.39 is 0 Å². The largest absolute Gasteiger partial charge is 0.507 e. The Kier molecular flexibility index (Phi) is 16.7. The molecule has 0 fully saturated rings. The summed E-state index contributed by atoms with van der Waals surface area (Å²) in [4.78, 5) is 22.7. The van der Waals surface area contributed by atoms with E-state index in [9.17, 15) is 14.7 Å². The van der Waals surface area contributed by atoms with Crippen LogP contribution >= 0.6 is 23.2 Å². The predicted molar refractivity (Wildman–Crippen MR) is 155 cm³/mol. The van der Waals surface area contributed by atoms with Gasteiger partial charge in [0.1, 0.15) is 11.5 Å². The smallest absolute Gasteiger partial charge is 0.166 e. The second-order valence-corrected chi connectivity index (χ2v) is 8.02. The van der Waals surface area contributed by atoms with E-state index in [1.807, 2.05) is 58.9 Å². The lowest BCUT2D eigenvalue weighted by Gasteiger charge is -2.13. The molecule has 0 aliphatic rings. The Labute approximate surface area is 225 Å². The highest BCUT2D eigenvalue weighted by Crippen LogP contribution is 2.33. The molecule has 36 heavy (non-hydrogen) atoms. The van der Waals surface area contributed by atoms with Gasteiger partial charge < -0.3 is 16.2 Å². The monoisotopic (exact) mass is 532 g/mol. The zero-order chi connectivity index (χ0) is 27.7. The quantitative estimate of drug-likeness (QED) is 0.160. The molecule has 0 unspecified atom stereocenters. The fourth-order valence-electron chi connectivity index (χ4n) is 2.96. The van der Waals surface area contributed by atoms with Crippen molar-refractivity contribution in [3.8, 4) is 5.75 Å². The first-order valence-corrected chi connectivity index (χ1v) is 12.9. The number of Topliss-reactive ketones (excluding diaryl/α,β-unsaturated/α-hetero) is 2. The minimum absolute atomic E-state index is 0.00708. The van der Waals surface area contributed by atoms with Crippen LogP contribution in [0.4, 0.5) is 17.1 Å². The van der Waals surface area contributed by atoms with E-state index in [1.165, 1.54) is 12.1 Å². The second kappa shape index (κ2) is 18.3. The number of phenols is 1. The van der Waals surface area contributed by atoms with Crippen LogP contribution in [0.1, 0.15) is 70.3 Å². The first kappa shape index (κ1) is 33.0. The highest BCUT2D eigenvalue weighted by Gasteiger charge is 2.10. The van der Waals surface area contributed by atoms with Gasteiger partial charge in [-0.3, -0.25) is 9.59 Å². The van der Waals surface area contributed by atoms with E-state index in [0.717, 1.165) is 17.7 Å². The Hall–Kier alpha value is -3.02. The molecular weight excluding hydrogens is 495 g/mol. The third-order valence-corrected chi connectivity index (χ3v) is 5.11. The molecule has 0 saturated heterocycles. The molecule has 3 aromatic carbocycles. The van der Waals surface area contributed by atoms with Gasteiger partial charge >= 0.3 is 0 Å². The third-order valence-electron chi connectivity index (χ3n) is 4.48. The van der Waals surface area contributed by atoms with Crippen LogP contribution in [0.25, 0.3) is 0 Å². The number of rotatable bonds is 7. The number of nitrogen functional groups attached to an aromatic ring is 1. The Balaban J connectivity index is 0.000000630. The van der Waals surface area contributed by atoms with Crippen LogP contribution < -0.4 is 11.1 Å². The number of para-hydroxylation sites is 2. The van der Waals surface area contributed by atoms with E-state index >= 15 is 0 Å². The number of nitrogens with two attached hydrogens (primary N) is 1. The molecule has 7 heteroatoms. The van der Waals surface area contributed by atoms with Crippen LogP contribution in [-0.2, 0) is 11.2 Å². The van der Waals surface area contributed by atoms with Crippen molar-refractivity contribution in [3.63, 3.8) is 0 Å². The molecule has 0 aromatic heterocycles. The number of benzene rings is 3. The molecule has 0 amide bonds. The SMILES string of the molecule is CC.CC.CC(=O)Cc1ccccc1Nc1c(Cl)cccc1Cl.CCCC(=O)c1cc(N)ccc1O. The number of halogens is 2. The maximum Gasteiger partial charge on any atom is 0.166 e. The number of carbonyl (C=O) groups excluding carboxylic acids is 2. The first-order chi connectivity index (χ1) is 17.2. The summed E-state index contributed by atoms with van der Waals surface area (Å²) in [6.45, 7) is 11.5. The van der Waals surface area contributed by atoms with Gasteiger partial charge in [-0.25, -0.2) is 0 Å². The molecule has 0 saturated carbocycles. The lowest BCUT2D eigenvalue weighted by atomic mass is 10.1. The Morgan fingerprint density at radius 1 is 0.917 bits per heavy atom. The van der Waals surface area contributed by atoms with Gasteiger partial charge in [-0.15, -0.1) is 0 Å². The summed E-state index contributed by atoms with van der Waals surface area (Å²) >= 11 is 12.2. The molecular formula is C29H38Cl2N2O3. The van der Waals surface area contributed by atoms with Crippen molar-refractivity contribution in [2.24, 2.45) is 0 Å². The summed E-state index contributed by atoms with van der Waals surface area (Å²) in [6, 6.07) is 17.5. The third kappa shape index (κ3) is 11.1. The van der Waals surface area contributed by atoms with Gasteiger partial charge in [-0.2, -0.15) is 0 Å². The van der Waals surface area contributed by atoms with Crippen LogP contribution in [0, 0.1) is 0 Å². The summed E-state index contributed by atoms with van der Waals surface area (Å²) in [5.41, 5.74) is 8.73. The molecule has 0 aliphatic heterocycles. The van der Waals surface area contributed by atoms with E-state index in [-0.39, 0.29) is 17.3 Å². The van der Waals surface area contributed by atoms with Crippen molar-refractivity contribution >= 4 is 51.8 Å². The highest BCUT2D eigenvalue weighted by atomic mass is 35.5. The Morgan fingerprint density at radius 2 is 1.50 bits per heavy atom. The molecule has 0 aliphatic carbocycles. The molecule has 0 radical (unpaired) electrons. The standard InChI is InChI=1S/C15H13Cl2NO.C10H13NO2.2C2H6/c1-10(19)9-11-5-2-3-8-14(11)18-15-12(16)6-4-7-13(15)17;1-2-3-9(12)8-6-7(11)4-5-10(8)13;2*1-2/h2-8,18H,9H2,1H3;4-6,13H,2-3,11H2,1H3;2*1-2H3. The van der Waals surface area contributed by atoms with E-state index in [4.69, 9.17) is 28.9 Å². The summed E-state index contributed by atoms with van der Waals surface area (Å²) in [6.07, 6.45) is 1.59. The van der Waals surface area contributed by atoms with Crippen LogP contribution in [0.5, 0.6) is 5.75 Å². The van der Waals surface area contributed by atoms with Gasteiger partial charge in [-0.05, 0) is 55.3 Å². The summed E-state index contributed by atoms with van der Waals surface area (Å²) < 4.78 is 0. The van der Waals surface area contributed by atoms with E-state index in [2.05, 4.69) is 5.32 Å². The lowest BCUT2D eigenvalue weighted by Crippen LogP contribution is -2.01. The van der Waals surface area contributed by atoms with Crippen molar-refractivity contribution in [2.75, 3.05) is 11.1 Å². The van der Waals surface area contributed by atoms with Crippen molar-refractivity contribution in [1.82, 2.24) is 0 Å². The number of nitrogens with one attached hydrogen (secondary N) is 1. The number of carbonyl (C=O) groups is 2. The van der Waals surface area contributed by atoms with E-state index in [0.29, 0.717) is 39.8 Å². The van der Waals surface area contributed by atoms with Crippen LogP contribution in [-0.4, -0.2) is 16.7 Å². The minimum Gasteiger partial charge on any atom is -0.507 e. The zero-order valence-electron chi connectivity index (χ0n) is 22.0. The van der Waals surface area contributed by atoms with Gasteiger partial charge in [0.2, 0.25) is 0 Å². The van der Waals surface area contributed by atoms with Gasteiger partial charge in [0.05, 0.1) is 21.3 Å². The number of phenolic OH excluding ortho intramolecular Hbond substituents is 1. The van der Waals surface area contributed by atoms with Crippen LogP contribution in [0.3, 0.4) is 0 Å². The molecule has 0 heterocycles. The molecule has 0 spiro atoms. The zero-order valence-corrected chi connectivity index (χ0v) is 23.5. The molecule has 5 nitrogen and oxygen atoms in total. The average Bonchev–Trinajstić information content (AvgIpc) is 2.87. The maximum atomic E-state index is 11.4. The van der Waals surface area contributed by atoms with Crippen molar-refractivity contribution in [3.05, 3.63) is 81.8 Å². The molecule has 4 N–H and O–H groups in total. The Bertz CT molecular complexity index is 1080. The number of hydrogen-bond acceptors (Lipinski definition) is 5. The highest BCUT2D eigenvalue weighted by molar-refractivity contribution is 6.39. The molecule has 0 bridgehead atoms. The van der Waals surface area contributed by atoms with Crippen molar-refractivity contribution in [1.29, 1.82) is 0 Å². The van der Waals surface area contributed by atoms with Crippen molar-refractivity contribution < 1.29 is 14.7 Å². The lowest BCUT2D eigenvalue weighted by molar-refractivity contribution is -0.116. The second-order valence-electron chi connectivity index (χ2n) is 7.21.